The molecule has 0 spiro atoms. The van der Waals surface area contributed by atoms with E-state index in [0.717, 1.165) is 29.2 Å². The molecular weight excluding hydrogens is 474 g/mol. The summed E-state index contributed by atoms with van der Waals surface area (Å²) in [7, 11) is 3.30. The number of para-hydroxylation sites is 2. The highest BCUT2D eigenvalue weighted by Crippen LogP contribution is 2.41. The van der Waals surface area contributed by atoms with Gasteiger partial charge >= 0.3 is 0 Å². The summed E-state index contributed by atoms with van der Waals surface area (Å²) in [6.45, 7) is 6.10. The third kappa shape index (κ3) is 5.37. The van der Waals surface area contributed by atoms with Crippen molar-refractivity contribution in [2.45, 2.75) is 38.9 Å². The number of aromatic nitrogens is 2. The minimum absolute atomic E-state index is 0.103. The highest BCUT2D eigenvalue weighted by Gasteiger charge is 2.41. The van der Waals surface area contributed by atoms with Crippen molar-refractivity contribution in [2.24, 2.45) is 0 Å². The molecule has 2 N–H and O–H groups in total. The van der Waals surface area contributed by atoms with E-state index in [1.54, 1.807) is 20.4 Å². The number of carbonyl (C=O) groups excluding carboxylic acids is 1. The second kappa shape index (κ2) is 11.5. The molecule has 2 aromatic heterocycles. The van der Waals surface area contributed by atoms with Crippen LogP contribution in [0.5, 0.6) is 5.75 Å². The number of pyridine rings is 1. The SMILES string of the molecule is COCCn1c(C)cc([C@H]2[C@@H](c3ccccn3)NC(=S)N2CCC(=O)Nc2ccccc2OC)c1C. The first-order chi connectivity index (χ1) is 17.4. The second-order valence-electron chi connectivity index (χ2n) is 8.79. The molecule has 1 aliphatic heterocycles. The zero-order valence-corrected chi connectivity index (χ0v) is 22.0. The maximum Gasteiger partial charge on any atom is 0.226 e. The minimum atomic E-state index is -0.132. The molecule has 1 saturated heterocycles. The van der Waals surface area contributed by atoms with E-state index in [9.17, 15) is 4.79 Å². The van der Waals surface area contributed by atoms with Gasteiger partial charge < -0.3 is 29.6 Å². The molecular formula is C27H33N5O3S. The predicted molar refractivity (Wildman–Crippen MR) is 144 cm³/mol. The Labute approximate surface area is 217 Å². The Kier molecular flexibility index (Phi) is 8.22. The molecule has 8 nitrogen and oxygen atoms in total. The summed E-state index contributed by atoms with van der Waals surface area (Å²) in [5.74, 6) is 0.522. The van der Waals surface area contributed by atoms with E-state index in [1.165, 1.54) is 0 Å². The zero-order chi connectivity index (χ0) is 25.7. The van der Waals surface area contributed by atoms with Gasteiger partial charge in [0.2, 0.25) is 5.91 Å². The third-order valence-electron chi connectivity index (χ3n) is 6.61. The Hall–Kier alpha value is -3.43. The number of carbonyl (C=O) groups is 1. The van der Waals surface area contributed by atoms with Crippen molar-refractivity contribution in [2.75, 3.05) is 32.7 Å². The van der Waals surface area contributed by atoms with E-state index in [4.69, 9.17) is 21.7 Å². The molecule has 3 aromatic rings. The van der Waals surface area contributed by atoms with Gasteiger partial charge in [0.15, 0.2) is 5.11 Å². The lowest BCUT2D eigenvalue weighted by Crippen LogP contribution is -2.33. The van der Waals surface area contributed by atoms with Gasteiger partial charge in [-0.1, -0.05) is 18.2 Å². The molecule has 1 fully saturated rings. The van der Waals surface area contributed by atoms with Crippen LogP contribution < -0.4 is 15.4 Å². The second-order valence-corrected chi connectivity index (χ2v) is 9.18. The van der Waals surface area contributed by atoms with Crippen LogP contribution in [0.25, 0.3) is 0 Å². The standard InChI is InChI=1S/C27H33N5O3S/c1-18-17-20(19(2)31(18)15-16-34-3)26-25(22-10-7-8-13-28-22)30-27(36)32(26)14-12-24(33)29-21-9-5-6-11-23(21)35-4/h5-11,13,17,25-26H,12,14-16H2,1-4H3,(H,29,33)(H,30,36)/t25-,26+/m1/s1. The van der Waals surface area contributed by atoms with Crippen LogP contribution in [0.15, 0.2) is 54.7 Å². The summed E-state index contributed by atoms with van der Waals surface area (Å²) in [6.07, 6.45) is 2.07. The lowest BCUT2D eigenvalue weighted by Gasteiger charge is -2.28. The maximum atomic E-state index is 12.9. The quantitative estimate of drug-likeness (QED) is 0.399. The van der Waals surface area contributed by atoms with Crippen molar-refractivity contribution in [3.63, 3.8) is 0 Å². The molecule has 0 bridgehead atoms. The number of thiocarbonyl (C=S) groups is 1. The number of anilines is 1. The van der Waals surface area contributed by atoms with Crippen molar-refractivity contribution in [3.05, 3.63) is 77.4 Å². The van der Waals surface area contributed by atoms with Crippen molar-refractivity contribution < 1.29 is 14.3 Å². The fraction of sp³-hybridized carbons (Fsp3) is 0.370. The Morgan fingerprint density at radius 3 is 2.64 bits per heavy atom. The van der Waals surface area contributed by atoms with Gasteiger partial charge in [0.05, 0.1) is 37.2 Å². The van der Waals surface area contributed by atoms with Crippen LogP contribution in [-0.4, -0.2) is 52.8 Å². The summed E-state index contributed by atoms with van der Waals surface area (Å²) in [6, 6.07) is 15.3. The first-order valence-corrected chi connectivity index (χ1v) is 12.4. The van der Waals surface area contributed by atoms with Crippen molar-refractivity contribution in [1.82, 2.24) is 19.8 Å². The topological polar surface area (TPSA) is 80.7 Å². The first-order valence-electron chi connectivity index (χ1n) is 12.0. The van der Waals surface area contributed by atoms with Gasteiger partial charge in [-0.15, -0.1) is 0 Å². The zero-order valence-electron chi connectivity index (χ0n) is 21.2. The third-order valence-corrected chi connectivity index (χ3v) is 6.96. The van der Waals surface area contributed by atoms with Crippen molar-refractivity contribution in [3.8, 4) is 5.75 Å². The molecule has 1 aliphatic rings. The van der Waals surface area contributed by atoms with E-state index in [-0.39, 0.29) is 24.4 Å². The summed E-state index contributed by atoms with van der Waals surface area (Å²) in [5, 5.41) is 7.04. The normalized spacial score (nSPS) is 17.2. The summed E-state index contributed by atoms with van der Waals surface area (Å²) >= 11 is 5.78. The molecule has 4 rings (SSSR count). The molecule has 1 amide bonds. The fourth-order valence-corrected chi connectivity index (χ4v) is 5.15. The van der Waals surface area contributed by atoms with Gasteiger partial charge in [-0.25, -0.2) is 0 Å². The molecule has 190 valence electrons. The van der Waals surface area contributed by atoms with Gasteiger partial charge in [-0.3, -0.25) is 9.78 Å². The van der Waals surface area contributed by atoms with E-state index in [2.05, 4.69) is 45.0 Å². The Morgan fingerprint density at radius 2 is 1.92 bits per heavy atom. The van der Waals surface area contributed by atoms with Crippen LogP contribution >= 0.6 is 12.2 Å². The van der Waals surface area contributed by atoms with Gasteiger partial charge in [0.25, 0.3) is 0 Å². The largest absolute Gasteiger partial charge is 0.495 e. The van der Waals surface area contributed by atoms with Crippen LogP contribution in [-0.2, 0) is 16.1 Å². The van der Waals surface area contributed by atoms with Crippen molar-refractivity contribution in [1.29, 1.82) is 0 Å². The van der Waals surface area contributed by atoms with E-state index in [0.29, 0.717) is 29.7 Å². The van der Waals surface area contributed by atoms with Crippen LogP contribution in [0.3, 0.4) is 0 Å². The Morgan fingerprint density at radius 1 is 1.14 bits per heavy atom. The monoisotopic (exact) mass is 507 g/mol. The fourth-order valence-electron chi connectivity index (χ4n) is 4.82. The van der Waals surface area contributed by atoms with E-state index in [1.807, 2.05) is 42.5 Å². The first kappa shape index (κ1) is 25.7. The number of ether oxygens (including phenoxy) is 2. The molecule has 9 heteroatoms. The van der Waals surface area contributed by atoms with Crippen LogP contribution in [0.1, 0.15) is 41.1 Å². The minimum Gasteiger partial charge on any atom is -0.495 e. The number of hydrogen-bond donors (Lipinski definition) is 2. The number of benzene rings is 1. The molecule has 36 heavy (non-hydrogen) atoms. The van der Waals surface area contributed by atoms with Gasteiger partial charge in [-0.2, -0.15) is 0 Å². The van der Waals surface area contributed by atoms with Crippen LogP contribution in [0.2, 0.25) is 0 Å². The Bertz CT molecular complexity index is 1210. The van der Waals surface area contributed by atoms with Crippen LogP contribution in [0.4, 0.5) is 5.69 Å². The number of nitrogens with zero attached hydrogens (tertiary/aromatic N) is 3. The van der Waals surface area contributed by atoms with Crippen LogP contribution in [0, 0.1) is 13.8 Å². The molecule has 3 heterocycles. The summed E-state index contributed by atoms with van der Waals surface area (Å²) in [4.78, 5) is 19.6. The smallest absolute Gasteiger partial charge is 0.226 e. The molecule has 0 radical (unpaired) electrons. The van der Waals surface area contributed by atoms with E-state index >= 15 is 0 Å². The number of nitrogens with one attached hydrogen (secondary N) is 2. The number of rotatable bonds is 10. The summed E-state index contributed by atoms with van der Waals surface area (Å²) < 4.78 is 12.9. The highest BCUT2D eigenvalue weighted by atomic mass is 32.1. The van der Waals surface area contributed by atoms with Gasteiger partial charge in [-0.05, 0) is 62.0 Å². The lowest BCUT2D eigenvalue weighted by molar-refractivity contribution is -0.116. The average molecular weight is 508 g/mol. The van der Waals surface area contributed by atoms with Crippen molar-refractivity contribution >= 4 is 28.9 Å². The van der Waals surface area contributed by atoms with Gasteiger partial charge in [0.1, 0.15) is 5.75 Å². The predicted octanol–water partition coefficient (Wildman–Crippen LogP) is 4.16. The number of aryl methyl sites for hydroxylation is 1. The van der Waals surface area contributed by atoms with E-state index < -0.39 is 0 Å². The number of hydrogen-bond acceptors (Lipinski definition) is 5. The molecule has 2 atom stereocenters. The van der Waals surface area contributed by atoms with Gasteiger partial charge in [0, 0.05) is 44.2 Å². The summed E-state index contributed by atoms with van der Waals surface area (Å²) in [5.41, 5.74) is 5.04. The molecule has 1 aromatic carbocycles. The molecule has 0 saturated carbocycles. The maximum absolute atomic E-state index is 12.9. The average Bonchev–Trinajstić information content (AvgIpc) is 3.36. The molecule has 0 aliphatic carbocycles. The Balaban J connectivity index is 1.60. The highest BCUT2D eigenvalue weighted by molar-refractivity contribution is 7.80. The lowest BCUT2D eigenvalue weighted by atomic mass is 9.96. The number of amides is 1. The molecule has 0 unspecified atom stereocenters. The number of methoxy groups -OCH3 is 2.